The number of likely N-dealkylation sites (tertiary alicyclic amines) is 1. The fourth-order valence-electron chi connectivity index (χ4n) is 2.18. The number of ether oxygens (including phenoxy) is 1. The molecule has 1 saturated heterocycles. The molecule has 1 heterocycles. The molecular formula is C14H19ClN2O2. The van der Waals surface area contributed by atoms with Gasteiger partial charge in [-0.05, 0) is 43.5 Å². The van der Waals surface area contributed by atoms with Crippen LogP contribution >= 0.6 is 11.6 Å². The Kier molecular flexibility index (Phi) is 5.05. The van der Waals surface area contributed by atoms with E-state index in [1.54, 1.807) is 6.07 Å². The van der Waals surface area contributed by atoms with Crippen molar-refractivity contribution in [2.75, 3.05) is 26.2 Å². The van der Waals surface area contributed by atoms with Gasteiger partial charge in [0.25, 0.3) is 5.91 Å². The Morgan fingerprint density at radius 3 is 2.74 bits per heavy atom. The van der Waals surface area contributed by atoms with E-state index in [9.17, 15) is 4.79 Å². The summed E-state index contributed by atoms with van der Waals surface area (Å²) in [5, 5.41) is 0.528. The molecule has 0 radical (unpaired) electrons. The van der Waals surface area contributed by atoms with Gasteiger partial charge >= 0.3 is 0 Å². The number of amides is 1. The lowest BCUT2D eigenvalue weighted by Crippen LogP contribution is -2.32. The standard InChI is InChI=1S/C14H19ClN2O2/c15-12-9-11(5-6-16)3-4-13(12)19-10-14(18)17-7-1-2-8-17/h3-4,9H,1-2,5-8,10,16H2. The summed E-state index contributed by atoms with van der Waals surface area (Å²) in [4.78, 5) is 13.7. The van der Waals surface area contributed by atoms with Crippen molar-refractivity contribution in [1.29, 1.82) is 0 Å². The average molecular weight is 283 g/mol. The van der Waals surface area contributed by atoms with Crippen LogP contribution in [-0.4, -0.2) is 37.0 Å². The number of nitrogens with two attached hydrogens (primary N) is 1. The largest absolute Gasteiger partial charge is 0.482 e. The van der Waals surface area contributed by atoms with Crippen LogP contribution in [0, 0.1) is 0 Å². The molecule has 0 aliphatic carbocycles. The van der Waals surface area contributed by atoms with Gasteiger partial charge in [-0.25, -0.2) is 0 Å². The van der Waals surface area contributed by atoms with Crippen LogP contribution in [0.3, 0.4) is 0 Å². The highest BCUT2D eigenvalue weighted by Gasteiger charge is 2.18. The second-order valence-electron chi connectivity index (χ2n) is 4.68. The number of hydrogen-bond acceptors (Lipinski definition) is 3. The molecule has 1 amide bonds. The molecule has 0 spiro atoms. The first kappa shape index (κ1) is 14.2. The van der Waals surface area contributed by atoms with Crippen LogP contribution in [0.5, 0.6) is 5.75 Å². The predicted molar refractivity (Wildman–Crippen MR) is 75.5 cm³/mol. The van der Waals surface area contributed by atoms with E-state index in [0.29, 0.717) is 17.3 Å². The summed E-state index contributed by atoms with van der Waals surface area (Å²) in [6, 6.07) is 5.56. The topological polar surface area (TPSA) is 55.6 Å². The molecule has 0 unspecified atom stereocenters. The summed E-state index contributed by atoms with van der Waals surface area (Å²) in [6.45, 7) is 2.32. The Morgan fingerprint density at radius 1 is 1.37 bits per heavy atom. The fraction of sp³-hybridized carbons (Fsp3) is 0.500. The molecule has 0 atom stereocenters. The minimum Gasteiger partial charge on any atom is -0.482 e. The number of carbonyl (C=O) groups excluding carboxylic acids is 1. The number of benzene rings is 1. The first-order chi connectivity index (χ1) is 9.20. The molecule has 1 aromatic rings. The second-order valence-corrected chi connectivity index (χ2v) is 5.09. The lowest BCUT2D eigenvalue weighted by atomic mass is 10.1. The van der Waals surface area contributed by atoms with Crippen molar-refractivity contribution >= 4 is 17.5 Å². The zero-order valence-electron chi connectivity index (χ0n) is 10.9. The van der Waals surface area contributed by atoms with E-state index >= 15 is 0 Å². The van der Waals surface area contributed by atoms with Gasteiger partial charge in [-0.1, -0.05) is 17.7 Å². The Bertz CT molecular complexity index is 445. The molecule has 0 saturated carbocycles. The third-order valence-electron chi connectivity index (χ3n) is 3.24. The number of halogens is 1. The van der Waals surface area contributed by atoms with Crippen molar-refractivity contribution in [3.8, 4) is 5.75 Å². The van der Waals surface area contributed by atoms with E-state index in [1.807, 2.05) is 17.0 Å². The molecule has 19 heavy (non-hydrogen) atoms. The van der Waals surface area contributed by atoms with Crippen molar-refractivity contribution < 1.29 is 9.53 Å². The van der Waals surface area contributed by atoms with Gasteiger partial charge in [-0.15, -0.1) is 0 Å². The maximum atomic E-state index is 11.8. The molecule has 5 heteroatoms. The van der Waals surface area contributed by atoms with Crippen LogP contribution in [0.25, 0.3) is 0 Å². The van der Waals surface area contributed by atoms with Crippen molar-refractivity contribution in [3.05, 3.63) is 28.8 Å². The molecule has 1 aliphatic rings. The molecule has 104 valence electrons. The minimum absolute atomic E-state index is 0.0274. The monoisotopic (exact) mass is 282 g/mol. The van der Waals surface area contributed by atoms with Gasteiger partial charge < -0.3 is 15.4 Å². The van der Waals surface area contributed by atoms with Crippen LogP contribution in [0.1, 0.15) is 18.4 Å². The van der Waals surface area contributed by atoms with Crippen molar-refractivity contribution in [3.63, 3.8) is 0 Å². The van der Waals surface area contributed by atoms with Gasteiger partial charge in [0.15, 0.2) is 6.61 Å². The van der Waals surface area contributed by atoms with E-state index in [0.717, 1.165) is 37.9 Å². The van der Waals surface area contributed by atoms with Crippen LogP contribution in [-0.2, 0) is 11.2 Å². The van der Waals surface area contributed by atoms with Crippen LogP contribution in [0.4, 0.5) is 0 Å². The van der Waals surface area contributed by atoms with Gasteiger partial charge in [0.1, 0.15) is 5.75 Å². The quantitative estimate of drug-likeness (QED) is 0.897. The van der Waals surface area contributed by atoms with Crippen molar-refractivity contribution in [2.45, 2.75) is 19.3 Å². The molecule has 2 N–H and O–H groups in total. The zero-order valence-corrected chi connectivity index (χ0v) is 11.7. The number of rotatable bonds is 5. The van der Waals surface area contributed by atoms with Crippen molar-refractivity contribution in [1.82, 2.24) is 4.90 Å². The lowest BCUT2D eigenvalue weighted by Gasteiger charge is -2.16. The first-order valence-corrected chi connectivity index (χ1v) is 6.97. The normalized spacial score (nSPS) is 14.7. The smallest absolute Gasteiger partial charge is 0.260 e. The second kappa shape index (κ2) is 6.78. The Morgan fingerprint density at radius 2 is 2.11 bits per heavy atom. The summed E-state index contributed by atoms with van der Waals surface area (Å²) in [7, 11) is 0. The molecule has 0 aromatic heterocycles. The van der Waals surface area contributed by atoms with E-state index in [2.05, 4.69) is 0 Å². The van der Waals surface area contributed by atoms with Gasteiger partial charge in [0.2, 0.25) is 0 Å². The SMILES string of the molecule is NCCc1ccc(OCC(=O)N2CCCC2)c(Cl)c1. The van der Waals surface area contributed by atoms with E-state index in [1.165, 1.54) is 0 Å². The molecule has 4 nitrogen and oxygen atoms in total. The maximum Gasteiger partial charge on any atom is 0.260 e. The summed E-state index contributed by atoms with van der Waals surface area (Å²) in [5.74, 6) is 0.578. The maximum absolute atomic E-state index is 11.8. The van der Waals surface area contributed by atoms with Gasteiger partial charge in [-0.2, -0.15) is 0 Å². The van der Waals surface area contributed by atoms with Gasteiger partial charge in [-0.3, -0.25) is 4.79 Å². The highest BCUT2D eigenvalue weighted by molar-refractivity contribution is 6.32. The predicted octanol–water partition coefficient (Wildman–Crippen LogP) is 1.84. The molecule has 0 bridgehead atoms. The summed E-state index contributed by atoms with van der Waals surface area (Å²) in [6.07, 6.45) is 2.95. The van der Waals surface area contributed by atoms with Crippen LogP contribution in [0.15, 0.2) is 18.2 Å². The lowest BCUT2D eigenvalue weighted by molar-refractivity contribution is -0.132. The van der Waals surface area contributed by atoms with E-state index in [4.69, 9.17) is 22.1 Å². The fourth-order valence-corrected chi connectivity index (χ4v) is 2.44. The number of nitrogens with zero attached hydrogens (tertiary/aromatic N) is 1. The summed E-state index contributed by atoms with van der Waals surface area (Å²) >= 11 is 6.12. The highest BCUT2D eigenvalue weighted by Crippen LogP contribution is 2.25. The summed E-state index contributed by atoms with van der Waals surface area (Å²) in [5.41, 5.74) is 6.57. The third-order valence-corrected chi connectivity index (χ3v) is 3.53. The molecule has 1 aromatic carbocycles. The third kappa shape index (κ3) is 3.85. The molecular weight excluding hydrogens is 264 g/mol. The van der Waals surface area contributed by atoms with E-state index < -0.39 is 0 Å². The van der Waals surface area contributed by atoms with Gasteiger partial charge in [0.05, 0.1) is 5.02 Å². The number of carbonyl (C=O) groups is 1. The Balaban J connectivity index is 1.90. The summed E-state index contributed by atoms with van der Waals surface area (Å²) < 4.78 is 5.49. The number of hydrogen-bond donors (Lipinski definition) is 1. The molecule has 1 aliphatic heterocycles. The molecule has 1 fully saturated rings. The zero-order chi connectivity index (χ0) is 13.7. The Labute approximate surface area is 118 Å². The van der Waals surface area contributed by atoms with Crippen molar-refractivity contribution in [2.24, 2.45) is 5.73 Å². The highest BCUT2D eigenvalue weighted by atomic mass is 35.5. The van der Waals surface area contributed by atoms with E-state index in [-0.39, 0.29) is 12.5 Å². The van der Waals surface area contributed by atoms with Crippen LogP contribution in [0.2, 0.25) is 5.02 Å². The average Bonchev–Trinajstić information content (AvgIpc) is 2.92. The Hall–Kier alpha value is -1.26. The van der Waals surface area contributed by atoms with Crippen LogP contribution < -0.4 is 10.5 Å². The van der Waals surface area contributed by atoms with Gasteiger partial charge in [0, 0.05) is 13.1 Å². The minimum atomic E-state index is 0.0274. The molecule has 2 rings (SSSR count). The first-order valence-electron chi connectivity index (χ1n) is 6.60.